The number of unbranched alkanes of at least 4 members (excludes halogenated alkanes) is 22. The summed E-state index contributed by atoms with van der Waals surface area (Å²) < 4.78 is 23.1. The summed E-state index contributed by atoms with van der Waals surface area (Å²) in [7, 11) is 0. The van der Waals surface area contributed by atoms with Crippen LogP contribution in [-0.4, -0.2) is 38.4 Å². The Labute approximate surface area is 328 Å². The van der Waals surface area contributed by atoms with Gasteiger partial charge < -0.3 is 18.9 Å². The van der Waals surface area contributed by atoms with Gasteiger partial charge in [0.05, 0.1) is 26.4 Å². The van der Waals surface area contributed by atoms with E-state index in [1.807, 2.05) is 13.8 Å². The Balaban J connectivity index is 1.26. The first kappa shape index (κ1) is 45.1. The topological polar surface area (TPSA) is 71.1 Å². The molecule has 6 nitrogen and oxygen atoms in total. The monoisotopic (exact) mass is 747 g/mol. The summed E-state index contributed by atoms with van der Waals surface area (Å²) in [6.07, 6.45) is 30.6. The van der Waals surface area contributed by atoms with Gasteiger partial charge in [0.15, 0.2) is 0 Å². The highest BCUT2D eigenvalue weighted by atomic mass is 16.5. The molecule has 54 heavy (non-hydrogen) atoms. The molecule has 3 aromatic rings. The van der Waals surface area contributed by atoms with Crippen LogP contribution in [0.5, 0.6) is 11.5 Å². The average Bonchev–Trinajstić information content (AvgIpc) is 3.18. The van der Waals surface area contributed by atoms with Gasteiger partial charge in [-0.05, 0) is 39.5 Å². The molecule has 0 unspecified atom stereocenters. The molecule has 3 aromatic carbocycles. The van der Waals surface area contributed by atoms with Gasteiger partial charge in [-0.3, -0.25) is 9.59 Å². The second kappa shape index (κ2) is 30.0. The van der Waals surface area contributed by atoms with Crippen LogP contribution < -0.4 is 9.47 Å². The third-order valence-electron chi connectivity index (χ3n) is 10.5. The third-order valence-corrected chi connectivity index (χ3v) is 10.5. The van der Waals surface area contributed by atoms with Crippen LogP contribution in [0.2, 0.25) is 0 Å². The SMILES string of the molecule is CCOC(=O)CCCCCCCCCCCCCCOc1c2ccccc2c(OCCCCCCCCCCCCCCC(=O)OCC)c2ccccc12. The van der Waals surface area contributed by atoms with E-state index in [0.29, 0.717) is 26.1 Å². The Kier molecular flexibility index (Phi) is 25.1. The molecule has 0 saturated heterocycles. The standard InChI is InChI=1S/C48H74O6/c1-3-51-45(49)37-25-21-17-13-9-5-7-11-15-19-23-31-39-53-47-41-33-27-29-35-43(41)48(44-36-30-28-34-42(44)47)54-40-32-24-20-16-12-8-6-10-14-18-22-26-38-46(50)52-4-2/h27-30,33-36H,3-26,31-32,37-40H2,1-2H3. The Morgan fingerprint density at radius 2 is 0.611 bits per heavy atom. The van der Waals surface area contributed by atoms with Gasteiger partial charge in [-0.1, -0.05) is 177 Å². The minimum atomic E-state index is -0.0509. The summed E-state index contributed by atoms with van der Waals surface area (Å²) >= 11 is 0. The number of hydrogen-bond acceptors (Lipinski definition) is 6. The predicted molar refractivity (Wildman–Crippen MR) is 226 cm³/mol. The first-order valence-electron chi connectivity index (χ1n) is 22.2. The molecular formula is C48H74O6. The maximum absolute atomic E-state index is 11.4. The van der Waals surface area contributed by atoms with Crippen LogP contribution in [0.3, 0.4) is 0 Å². The van der Waals surface area contributed by atoms with E-state index in [2.05, 4.69) is 48.5 Å². The number of rotatable bonds is 34. The van der Waals surface area contributed by atoms with Crippen molar-refractivity contribution >= 4 is 33.5 Å². The van der Waals surface area contributed by atoms with Gasteiger partial charge in [0, 0.05) is 34.4 Å². The van der Waals surface area contributed by atoms with Crippen molar-refractivity contribution in [1.29, 1.82) is 0 Å². The van der Waals surface area contributed by atoms with Gasteiger partial charge in [-0.15, -0.1) is 0 Å². The van der Waals surface area contributed by atoms with Gasteiger partial charge in [0.1, 0.15) is 11.5 Å². The van der Waals surface area contributed by atoms with E-state index in [0.717, 1.165) is 84.8 Å². The van der Waals surface area contributed by atoms with Crippen LogP contribution in [0, 0.1) is 0 Å². The smallest absolute Gasteiger partial charge is 0.305 e. The number of benzene rings is 3. The molecule has 0 bridgehead atoms. The molecule has 6 heteroatoms. The van der Waals surface area contributed by atoms with Crippen molar-refractivity contribution in [2.24, 2.45) is 0 Å². The highest BCUT2D eigenvalue weighted by molar-refractivity contribution is 6.11. The minimum Gasteiger partial charge on any atom is -0.492 e. The number of ether oxygens (including phenoxy) is 4. The fourth-order valence-corrected chi connectivity index (χ4v) is 7.45. The molecule has 0 amide bonds. The molecule has 0 aromatic heterocycles. The maximum atomic E-state index is 11.4. The first-order chi connectivity index (χ1) is 26.7. The quantitative estimate of drug-likeness (QED) is 0.0344. The van der Waals surface area contributed by atoms with E-state index in [9.17, 15) is 9.59 Å². The molecule has 0 aliphatic rings. The molecule has 3 rings (SSSR count). The minimum absolute atomic E-state index is 0.0509. The molecule has 0 N–H and O–H groups in total. The summed E-state index contributed by atoms with van der Waals surface area (Å²) in [5.74, 6) is 1.88. The summed E-state index contributed by atoms with van der Waals surface area (Å²) in [6.45, 7) is 6.18. The molecule has 0 aliphatic heterocycles. The molecule has 0 atom stereocenters. The molecule has 0 saturated carbocycles. The lowest BCUT2D eigenvalue weighted by molar-refractivity contribution is -0.144. The van der Waals surface area contributed by atoms with E-state index >= 15 is 0 Å². The lowest BCUT2D eigenvalue weighted by Crippen LogP contribution is -2.03. The van der Waals surface area contributed by atoms with Gasteiger partial charge in [-0.25, -0.2) is 0 Å². The van der Waals surface area contributed by atoms with Gasteiger partial charge in [-0.2, -0.15) is 0 Å². The second-order valence-corrected chi connectivity index (χ2v) is 15.0. The lowest BCUT2D eigenvalue weighted by atomic mass is 10.0. The fraction of sp³-hybridized carbons (Fsp3) is 0.667. The molecule has 302 valence electrons. The van der Waals surface area contributed by atoms with Gasteiger partial charge >= 0.3 is 11.9 Å². The highest BCUT2D eigenvalue weighted by Crippen LogP contribution is 2.42. The number of carbonyl (C=O) groups excluding carboxylic acids is 2. The van der Waals surface area contributed by atoms with Crippen molar-refractivity contribution in [2.45, 2.75) is 181 Å². The van der Waals surface area contributed by atoms with Crippen LogP contribution in [0.25, 0.3) is 21.5 Å². The zero-order valence-corrected chi connectivity index (χ0v) is 34.3. The molecule has 0 heterocycles. The Morgan fingerprint density at radius 3 is 0.870 bits per heavy atom. The van der Waals surface area contributed by atoms with Crippen molar-refractivity contribution in [3.63, 3.8) is 0 Å². The number of esters is 2. The maximum Gasteiger partial charge on any atom is 0.305 e. The van der Waals surface area contributed by atoms with E-state index in [-0.39, 0.29) is 11.9 Å². The molecular weight excluding hydrogens is 673 g/mol. The van der Waals surface area contributed by atoms with Gasteiger partial charge in [0.25, 0.3) is 0 Å². The zero-order chi connectivity index (χ0) is 38.3. The van der Waals surface area contributed by atoms with Crippen molar-refractivity contribution < 1.29 is 28.5 Å². The Morgan fingerprint density at radius 1 is 0.370 bits per heavy atom. The highest BCUT2D eigenvalue weighted by Gasteiger charge is 2.16. The Hall–Kier alpha value is -3.28. The second-order valence-electron chi connectivity index (χ2n) is 15.0. The molecule has 0 fully saturated rings. The Bertz CT molecular complexity index is 1250. The van der Waals surface area contributed by atoms with Gasteiger partial charge in [0.2, 0.25) is 0 Å². The number of hydrogen-bond donors (Lipinski definition) is 0. The van der Waals surface area contributed by atoms with Crippen LogP contribution in [0.1, 0.15) is 181 Å². The van der Waals surface area contributed by atoms with Crippen molar-refractivity contribution in [3.05, 3.63) is 48.5 Å². The largest absolute Gasteiger partial charge is 0.492 e. The molecule has 0 radical (unpaired) electrons. The van der Waals surface area contributed by atoms with Crippen LogP contribution in [0.15, 0.2) is 48.5 Å². The number of fused-ring (bicyclic) bond motifs is 2. The van der Waals surface area contributed by atoms with Crippen molar-refractivity contribution in [2.75, 3.05) is 26.4 Å². The normalized spacial score (nSPS) is 11.3. The zero-order valence-electron chi connectivity index (χ0n) is 34.3. The summed E-state index contributed by atoms with van der Waals surface area (Å²) in [5.41, 5.74) is 0. The fourth-order valence-electron chi connectivity index (χ4n) is 7.45. The van der Waals surface area contributed by atoms with Crippen LogP contribution in [0.4, 0.5) is 0 Å². The number of carbonyl (C=O) groups is 2. The molecule has 0 aliphatic carbocycles. The predicted octanol–water partition coefficient (Wildman–Crippen LogP) is 14.0. The van der Waals surface area contributed by atoms with E-state index in [1.54, 1.807) is 0 Å². The summed E-state index contributed by atoms with van der Waals surface area (Å²) in [4.78, 5) is 22.8. The van der Waals surface area contributed by atoms with Crippen molar-refractivity contribution in [3.8, 4) is 11.5 Å². The van der Waals surface area contributed by atoms with Crippen LogP contribution >= 0.6 is 0 Å². The lowest BCUT2D eigenvalue weighted by Gasteiger charge is -2.18. The van der Waals surface area contributed by atoms with Crippen LogP contribution in [-0.2, 0) is 19.1 Å². The van der Waals surface area contributed by atoms with E-state index in [1.165, 1.54) is 116 Å². The van der Waals surface area contributed by atoms with E-state index in [4.69, 9.17) is 18.9 Å². The first-order valence-corrected chi connectivity index (χ1v) is 22.2. The average molecular weight is 747 g/mol. The summed E-state index contributed by atoms with van der Waals surface area (Å²) in [5, 5.41) is 4.56. The third kappa shape index (κ3) is 18.8. The van der Waals surface area contributed by atoms with E-state index < -0.39 is 0 Å². The summed E-state index contributed by atoms with van der Waals surface area (Å²) in [6, 6.07) is 17.1. The van der Waals surface area contributed by atoms with Crippen molar-refractivity contribution in [1.82, 2.24) is 0 Å². The molecule has 0 spiro atoms.